The third-order valence-electron chi connectivity index (χ3n) is 1.25. The first-order chi connectivity index (χ1) is 4.86. The number of hydrogen-bond donors (Lipinski definition) is 0. The van der Waals surface area contributed by atoms with Crippen LogP contribution in [0.4, 0.5) is 0 Å². The molecule has 0 fully saturated rings. The predicted octanol–water partition coefficient (Wildman–Crippen LogP) is 1.51. The number of methoxy groups -OCH3 is 1. The Morgan fingerprint density at radius 3 is 2.30 bits per heavy atom. The summed E-state index contributed by atoms with van der Waals surface area (Å²) in [7, 11) is 1.59. The first-order valence-electron chi connectivity index (χ1n) is 2.96. The van der Waals surface area contributed by atoms with Gasteiger partial charge in [0.25, 0.3) is 0 Å². The second-order valence-corrected chi connectivity index (χ2v) is 1.89. The number of benzene rings is 1. The molecular formula is C8H8O2. The molecule has 0 aliphatic heterocycles. The SMILES string of the molecule is COc1cc[13c](C=O)cc1. The molecule has 2 heteroatoms. The highest BCUT2D eigenvalue weighted by atomic mass is 16.5. The van der Waals surface area contributed by atoms with Gasteiger partial charge in [0.05, 0.1) is 7.11 Å². The van der Waals surface area contributed by atoms with Crippen molar-refractivity contribution in [3.63, 3.8) is 0 Å². The molecule has 0 N–H and O–H groups in total. The van der Waals surface area contributed by atoms with Gasteiger partial charge in [-0.1, -0.05) is 0 Å². The Balaban J connectivity index is 2.90. The van der Waals surface area contributed by atoms with E-state index >= 15 is 0 Å². The Bertz CT molecular complexity index is 213. The fraction of sp³-hybridized carbons (Fsp3) is 0.125. The van der Waals surface area contributed by atoms with Gasteiger partial charge in [0, 0.05) is 5.56 Å². The van der Waals surface area contributed by atoms with Gasteiger partial charge in [-0.2, -0.15) is 0 Å². The molecule has 0 bridgehead atoms. The lowest BCUT2D eigenvalue weighted by atomic mass is 10.4. The number of aldehydes is 1. The summed E-state index contributed by atoms with van der Waals surface area (Å²) in [5, 5.41) is 0. The lowest BCUT2D eigenvalue weighted by Crippen LogP contribution is -1.82. The van der Waals surface area contributed by atoms with E-state index in [0.29, 0.717) is 5.56 Å². The maximum Gasteiger partial charge on any atom is 0.150 e. The van der Waals surface area contributed by atoms with Crippen molar-refractivity contribution >= 4 is 6.29 Å². The standard InChI is InChI=1S/C8H8O2/c1-10-8-4-2-7(6-9)3-5-8/h2-6H,1H3/i7+1. The lowest BCUT2D eigenvalue weighted by Gasteiger charge is -1.96. The van der Waals surface area contributed by atoms with Crippen LogP contribution in [0.15, 0.2) is 24.3 Å². The largest absolute Gasteiger partial charge is 0.497 e. The molecule has 0 aromatic heterocycles. The van der Waals surface area contributed by atoms with Crippen LogP contribution in [0, 0.1) is 0 Å². The smallest absolute Gasteiger partial charge is 0.150 e. The van der Waals surface area contributed by atoms with Crippen LogP contribution in [-0.2, 0) is 0 Å². The topological polar surface area (TPSA) is 26.3 Å². The van der Waals surface area contributed by atoms with Crippen molar-refractivity contribution in [1.82, 2.24) is 0 Å². The van der Waals surface area contributed by atoms with Gasteiger partial charge in [0.1, 0.15) is 12.0 Å². The molecule has 0 unspecified atom stereocenters. The Kier molecular flexibility index (Phi) is 2.05. The summed E-state index contributed by atoms with van der Waals surface area (Å²) in [6.45, 7) is 0. The molecule has 0 aliphatic rings. The molecule has 1 rings (SSSR count). The van der Waals surface area contributed by atoms with Gasteiger partial charge in [0.15, 0.2) is 0 Å². The maximum absolute atomic E-state index is 10.2. The summed E-state index contributed by atoms with van der Waals surface area (Å²) in [4.78, 5) is 10.2. The van der Waals surface area contributed by atoms with Gasteiger partial charge in [-0.15, -0.1) is 0 Å². The molecule has 0 atom stereocenters. The zero-order valence-electron chi connectivity index (χ0n) is 5.70. The van der Waals surface area contributed by atoms with E-state index in [1.807, 2.05) is 0 Å². The average molecular weight is 137 g/mol. The first-order valence-corrected chi connectivity index (χ1v) is 2.96. The quantitative estimate of drug-likeness (QED) is 0.577. The number of ether oxygens (including phenoxy) is 1. The van der Waals surface area contributed by atoms with Crippen LogP contribution in [0.2, 0.25) is 0 Å². The van der Waals surface area contributed by atoms with E-state index in [9.17, 15) is 4.79 Å². The second kappa shape index (κ2) is 3.01. The van der Waals surface area contributed by atoms with Crippen LogP contribution >= 0.6 is 0 Å². The van der Waals surface area contributed by atoms with Crippen molar-refractivity contribution in [3.05, 3.63) is 29.8 Å². The van der Waals surface area contributed by atoms with Crippen molar-refractivity contribution in [3.8, 4) is 5.75 Å². The summed E-state index contributed by atoms with van der Waals surface area (Å²) in [5.74, 6) is 0.769. The fourth-order valence-electron chi connectivity index (χ4n) is 0.682. The minimum absolute atomic E-state index is 0.667. The molecule has 1 aromatic carbocycles. The summed E-state index contributed by atoms with van der Waals surface area (Å²) in [6, 6.07) is 6.94. The van der Waals surface area contributed by atoms with Gasteiger partial charge in [-0.3, -0.25) is 4.79 Å². The maximum atomic E-state index is 10.2. The minimum Gasteiger partial charge on any atom is -0.497 e. The predicted molar refractivity (Wildman–Crippen MR) is 38.4 cm³/mol. The van der Waals surface area contributed by atoms with E-state index in [0.717, 1.165) is 12.0 Å². The number of carbonyl (C=O) groups is 1. The van der Waals surface area contributed by atoms with E-state index in [1.54, 1.807) is 31.4 Å². The molecule has 0 radical (unpaired) electrons. The van der Waals surface area contributed by atoms with Crippen LogP contribution in [0.25, 0.3) is 0 Å². The van der Waals surface area contributed by atoms with Crippen molar-refractivity contribution in [2.24, 2.45) is 0 Å². The zero-order chi connectivity index (χ0) is 7.40. The van der Waals surface area contributed by atoms with Crippen molar-refractivity contribution in [2.45, 2.75) is 0 Å². The highest BCUT2D eigenvalue weighted by Gasteiger charge is 1.89. The fourth-order valence-corrected chi connectivity index (χ4v) is 0.682. The zero-order valence-corrected chi connectivity index (χ0v) is 5.70. The van der Waals surface area contributed by atoms with Gasteiger partial charge < -0.3 is 4.74 Å². The lowest BCUT2D eigenvalue weighted by molar-refractivity contribution is 0.112. The van der Waals surface area contributed by atoms with E-state index in [-0.39, 0.29) is 0 Å². The molecule has 10 heavy (non-hydrogen) atoms. The monoisotopic (exact) mass is 137 g/mol. The van der Waals surface area contributed by atoms with E-state index in [2.05, 4.69) is 0 Å². The minimum atomic E-state index is 0.667. The molecule has 0 saturated heterocycles. The number of hydrogen-bond acceptors (Lipinski definition) is 2. The highest BCUT2D eigenvalue weighted by Crippen LogP contribution is 2.09. The highest BCUT2D eigenvalue weighted by molar-refractivity contribution is 5.74. The Morgan fingerprint density at radius 1 is 1.30 bits per heavy atom. The van der Waals surface area contributed by atoms with Gasteiger partial charge >= 0.3 is 0 Å². The molecule has 0 saturated carbocycles. The summed E-state index contributed by atoms with van der Waals surface area (Å²) in [6.07, 6.45) is 0.805. The number of rotatable bonds is 2. The summed E-state index contributed by atoms with van der Waals surface area (Å²) < 4.78 is 4.90. The van der Waals surface area contributed by atoms with Crippen LogP contribution in [0.1, 0.15) is 10.4 Å². The first kappa shape index (κ1) is 6.81. The molecule has 0 amide bonds. The number of carbonyl (C=O) groups excluding carboxylic acids is 1. The van der Waals surface area contributed by atoms with Crippen molar-refractivity contribution in [1.29, 1.82) is 0 Å². The van der Waals surface area contributed by atoms with E-state index < -0.39 is 0 Å². The summed E-state index contributed by atoms with van der Waals surface area (Å²) >= 11 is 0. The Morgan fingerprint density at radius 2 is 1.90 bits per heavy atom. The van der Waals surface area contributed by atoms with E-state index in [1.165, 1.54) is 0 Å². The van der Waals surface area contributed by atoms with Crippen molar-refractivity contribution < 1.29 is 9.53 Å². The second-order valence-electron chi connectivity index (χ2n) is 1.89. The van der Waals surface area contributed by atoms with Crippen LogP contribution < -0.4 is 4.74 Å². The Hall–Kier alpha value is -1.31. The third-order valence-corrected chi connectivity index (χ3v) is 1.25. The Labute approximate surface area is 59.4 Å². The molecule has 0 aliphatic carbocycles. The van der Waals surface area contributed by atoms with Crippen LogP contribution in [0.3, 0.4) is 0 Å². The van der Waals surface area contributed by atoms with E-state index in [4.69, 9.17) is 4.74 Å². The average Bonchev–Trinajstić information content (AvgIpc) is 2.05. The van der Waals surface area contributed by atoms with Crippen LogP contribution in [-0.4, -0.2) is 13.4 Å². The van der Waals surface area contributed by atoms with Gasteiger partial charge in [0.2, 0.25) is 0 Å². The summed E-state index contributed by atoms with van der Waals surface area (Å²) in [5.41, 5.74) is 0.667. The molecule has 1 aromatic rings. The van der Waals surface area contributed by atoms with Crippen LogP contribution in [0.5, 0.6) is 5.75 Å². The van der Waals surface area contributed by atoms with Gasteiger partial charge in [-0.05, 0) is 24.3 Å². The van der Waals surface area contributed by atoms with Crippen molar-refractivity contribution in [2.75, 3.05) is 7.11 Å². The molecule has 0 spiro atoms. The third kappa shape index (κ3) is 1.35. The molecule has 2 nitrogen and oxygen atoms in total. The molecule has 52 valence electrons. The van der Waals surface area contributed by atoms with Gasteiger partial charge in [-0.25, -0.2) is 0 Å². The molecular weight excluding hydrogens is 129 g/mol. The molecule has 0 heterocycles. The normalized spacial score (nSPS) is 8.90.